The Morgan fingerprint density at radius 1 is 1.14 bits per heavy atom. The predicted molar refractivity (Wildman–Crippen MR) is 108 cm³/mol. The summed E-state index contributed by atoms with van der Waals surface area (Å²) in [5.41, 5.74) is 1.73. The molecule has 0 radical (unpaired) electrons. The van der Waals surface area contributed by atoms with Crippen molar-refractivity contribution in [2.45, 2.75) is 6.92 Å². The molecule has 29 heavy (non-hydrogen) atoms. The Bertz CT molecular complexity index is 1280. The van der Waals surface area contributed by atoms with Crippen LogP contribution in [-0.4, -0.2) is 26.4 Å². The maximum absolute atomic E-state index is 14.7. The molecule has 1 N–H and O–H groups in total. The highest BCUT2D eigenvalue weighted by Crippen LogP contribution is 2.30. The van der Waals surface area contributed by atoms with Gasteiger partial charge in [0.2, 0.25) is 0 Å². The number of benzene rings is 2. The van der Waals surface area contributed by atoms with E-state index in [1.807, 2.05) is 0 Å². The first kappa shape index (κ1) is 18.8. The fraction of sp³-hybridized carbons (Fsp3) is 0.0455. The zero-order chi connectivity index (χ0) is 20.7. The third-order valence-electron chi connectivity index (χ3n) is 4.71. The fourth-order valence-corrected chi connectivity index (χ4v) is 3.62. The number of pyridine rings is 1. The number of carboxylic acids is 1. The van der Waals surface area contributed by atoms with E-state index in [1.165, 1.54) is 29.1 Å². The zero-order valence-electron chi connectivity index (χ0n) is 15.2. The number of nitrogens with zero attached hydrogens (tertiary/aromatic N) is 2. The number of ketones is 1. The summed E-state index contributed by atoms with van der Waals surface area (Å²) in [6, 6.07) is 12.2. The standard InChI is InChI=1S/C22H14ClFN2O3/c1-12-4-2-6-16(23)19(12)20(27)15-11-26(21-14(15)5-3-9-25-21)18-8-7-13(22(28)29)10-17(18)24/h2-11H,1H3,(H,28,29). The van der Waals surface area contributed by atoms with E-state index in [1.54, 1.807) is 37.3 Å². The Morgan fingerprint density at radius 2 is 1.93 bits per heavy atom. The molecule has 0 unspecified atom stereocenters. The quantitative estimate of drug-likeness (QED) is 0.479. The molecule has 4 rings (SSSR count). The predicted octanol–water partition coefficient (Wildman–Crippen LogP) is 5.06. The largest absolute Gasteiger partial charge is 0.478 e. The minimum atomic E-state index is -1.23. The second kappa shape index (κ2) is 7.14. The van der Waals surface area contributed by atoms with E-state index in [4.69, 9.17) is 16.7 Å². The van der Waals surface area contributed by atoms with E-state index in [-0.39, 0.29) is 17.0 Å². The molecular formula is C22H14ClFN2O3. The number of aromatic carboxylic acids is 1. The molecule has 7 heteroatoms. The second-order valence-electron chi connectivity index (χ2n) is 6.52. The summed E-state index contributed by atoms with van der Waals surface area (Å²) >= 11 is 6.26. The first-order valence-electron chi connectivity index (χ1n) is 8.67. The van der Waals surface area contributed by atoms with E-state index in [9.17, 15) is 14.0 Å². The number of hydrogen-bond acceptors (Lipinski definition) is 3. The average Bonchev–Trinajstić information content (AvgIpc) is 3.07. The normalized spacial score (nSPS) is 11.0. The number of halogens is 2. The van der Waals surface area contributed by atoms with E-state index in [0.717, 1.165) is 11.6 Å². The van der Waals surface area contributed by atoms with Gasteiger partial charge in [-0.1, -0.05) is 23.7 Å². The second-order valence-corrected chi connectivity index (χ2v) is 6.93. The van der Waals surface area contributed by atoms with Crippen LogP contribution in [0.15, 0.2) is 60.9 Å². The highest BCUT2D eigenvalue weighted by atomic mass is 35.5. The molecule has 0 fully saturated rings. The number of fused-ring (bicyclic) bond motifs is 1. The molecule has 0 bridgehead atoms. The number of aromatic nitrogens is 2. The summed E-state index contributed by atoms with van der Waals surface area (Å²) < 4.78 is 16.1. The molecule has 0 aliphatic rings. The topological polar surface area (TPSA) is 72.2 Å². The molecule has 2 heterocycles. The van der Waals surface area contributed by atoms with Gasteiger partial charge >= 0.3 is 5.97 Å². The molecule has 2 aromatic carbocycles. The van der Waals surface area contributed by atoms with Crippen LogP contribution in [0, 0.1) is 12.7 Å². The molecule has 4 aromatic rings. The Morgan fingerprint density at radius 3 is 2.62 bits per heavy atom. The summed E-state index contributed by atoms with van der Waals surface area (Å²) in [5, 5.41) is 9.93. The number of hydrogen-bond donors (Lipinski definition) is 1. The molecule has 0 aliphatic carbocycles. The van der Waals surface area contributed by atoms with Crippen molar-refractivity contribution >= 4 is 34.4 Å². The van der Waals surface area contributed by atoms with Crippen LogP contribution in [0.2, 0.25) is 5.02 Å². The van der Waals surface area contributed by atoms with Gasteiger partial charge in [0.1, 0.15) is 11.5 Å². The number of carbonyl (C=O) groups is 2. The first-order valence-corrected chi connectivity index (χ1v) is 9.05. The van der Waals surface area contributed by atoms with Gasteiger partial charge in [-0.25, -0.2) is 14.2 Å². The highest BCUT2D eigenvalue weighted by molar-refractivity contribution is 6.35. The highest BCUT2D eigenvalue weighted by Gasteiger charge is 2.22. The van der Waals surface area contributed by atoms with Gasteiger partial charge < -0.3 is 5.11 Å². The minimum absolute atomic E-state index is 0.0913. The smallest absolute Gasteiger partial charge is 0.335 e. The maximum Gasteiger partial charge on any atom is 0.335 e. The van der Waals surface area contributed by atoms with Crippen LogP contribution in [0.3, 0.4) is 0 Å². The third-order valence-corrected chi connectivity index (χ3v) is 5.03. The van der Waals surface area contributed by atoms with Crippen LogP contribution < -0.4 is 0 Å². The lowest BCUT2D eigenvalue weighted by Crippen LogP contribution is -2.04. The molecule has 144 valence electrons. The Labute approximate surface area is 170 Å². The van der Waals surface area contributed by atoms with Crippen LogP contribution in [0.5, 0.6) is 0 Å². The van der Waals surface area contributed by atoms with Gasteiger partial charge in [0.25, 0.3) is 0 Å². The first-order chi connectivity index (χ1) is 13.9. The molecule has 0 aliphatic heterocycles. The van der Waals surface area contributed by atoms with Gasteiger partial charge in [-0.2, -0.15) is 0 Å². The summed E-state index contributed by atoms with van der Waals surface area (Å²) in [6.45, 7) is 1.79. The lowest BCUT2D eigenvalue weighted by molar-refractivity contribution is 0.0696. The van der Waals surface area contributed by atoms with Crippen molar-refractivity contribution in [1.82, 2.24) is 9.55 Å². The van der Waals surface area contributed by atoms with E-state index in [0.29, 0.717) is 27.2 Å². The van der Waals surface area contributed by atoms with Crippen molar-refractivity contribution in [1.29, 1.82) is 0 Å². The Hall–Kier alpha value is -3.51. The SMILES string of the molecule is Cc1cccc(Cl)c1C(=O)c1cn(-c2ccc(C(=O)O)cc2F)c2ncccc12. The lowest BCUT2D eigenvalue weighted by Gasteiger charge is -2.07. The van der Waals surface area contributed by atoms with E-state index >= 15 is 0 Å². The van der Waals surface area contributed by atoms with Gasteiger partial charge in [-0.15, -0.1) is 0 Å². The van der Waals surface area contributed by atoms with Crippen molar-refractivity contribution in [3.8, 4) is 5.69 Å². The van der Waals surface area contributed by atoms with Crippen LogP contribution in [0.1, 0.15) is 31.8 Å². The molecular weight excluding hydrogens is 395 g/mol. The lowest BCUT2D eigenvalue weighted by atomic mass is 9.99. The van der Waals surface area contributed by atoms with Crippen molar-refractivity contribution in [3.05, 3.63) is 94.0 Å². The average molecular weight is 409 g/mol. The van der Waals surface area contributed by atoms with Gasteiger partial charge in [-0.3, -0.25) is 9.36 Å². The van der Waals surface area contributed by atoms with Crippen LogP contribution in [0.25, 0.3) is 16.7 Å². The summed E-state index contributed by atoms with van der Waals surface area (Å²) in [4.78, 5) is 28.7. The molecule has 2 aromatic heterocycles. The summed E-state index contributed by atoms with van der Waals surface area (Å²) in [7, 11) is 0. The van der Waals surface area contributed by atoms with Gasteiger partial charge in [0.15, 0.2) is 5.78 Å². The molecule has 0 amide bonds. The van der Waals surface area contributed by atoms with Crippen molar-refractivity contribution in [2.24, 2.45) is 0 Å². The molecule has 0 spiro atoms. The van der Waals surface area contributed by atoms with Gasteiger partial charge in [0, 0.05) is 23.3 Å². The Balaban J connectivity index is 1.94. The van der Waals surface area contributed by atoms with Crippen LogP contribution in [0.4, 0.5) is 4.39 Å². The monoisotopic (exact) mass is 408 g/mol. The van der Waals surface area contributed by atoms with Crippen molar-refractivity contribution in [2.75, 3.05) is 0 Å². The maximum atomic E-state index is 14.7. The Kier molecular flexibility index (Phi) is 4.64. The summed E-state index contributed by atoms with van der Waals surface area (Å²) in [5.74, 6) is -2.26. The van der Waals surface area contributed by atoms with Crippen molar-refractivity contribution < 1.29 is 19.1 Å². The van der Waals surface area contributed by atoms with Gasteiger partial charge in [0.05, 0.1) is 21.8 Å². The molecule has 0 saturated heterocycles. The van der Waals surface area contributed by atoms with Gasteiger partial charge in [-0.05, 0) is 48.9 Å². The summed E-state index contributed by atoms with van der Waals surface area (Å²) in [6.07, 6.45) is 3.04. The number of aryl methyl sites for hydroxylation is 1. The fourth-order valence-electron chi connectivity index (χ4n) is 3.31. The van der Waals surface area contributed by atoms with Crippen LogP contribution in [-0.2, 0) is 0 Å². The molecule has 5 nitrogen and oxygen atoms in total. The third kappa shape index (κ3) is 3.17. The van der Waals surface area contributed by atoms with E-state index < -0.39 is 11.8 Å². The molecule has 0 saturated carbocycles. The zero-order valence-corrected chi connectivity index (χ0v) is 15.9. The van der Waals surface area contributed by atoms with E-state index in [2.05, 4.69) is 4.98 Å². The molecule has 0 atom stereocenters. The number of carbonyl (C=O) groups excluding carboxylic acids is 1. The van der Waals surface area contributed by atoms with Crippen LogP contribution >= 0.6 is 11.6 Å². The number of carboxylic acid groups (broad SMARTS) is 1. The van der Waals surface area contributed by atoms with Crippen molar-refractivity contribution in [3.63, 3.8) is 0 Å². The number of rotatable bonds is 4. The minimum Gasteiger partial charge on any atom is -0.478 e.